The summed E-state index contributed by atoms with van der Waals surface area (Å²) in [4.78, 5) is 14.1. The van der Waals surface area contributed by atoms with Crippen molar-refractivity contribution in [3.05, 3.63) is 29.8 Å². The number of carbonyl (C=O) groups is 1. The highest BCUT2D eigenvalue weighted by molar-refractivity contribution is 5.82. The van der Waals surface area contributed by atoms with Gasteiger partial charge in [-0.05, 0) is 38.0 Å². The molecule has 0 aliphatic carbocycles. The van der Waals surface area contributed by atoms with E-state index >= 15 is 0 Å². The van der Waals surface area contributed by atoms with Crippen LogP contribution in [0.25, 0.3) is 0 Å². The molecule has 1 N–H and O–H groups in total. The van der Waals surface area contributed by atoms with Crippen molar-refractivity contribution in [3.63, 3.8) is 0 Å². The fraction of sp³-hybridized carbons (Fsp3) is 0.636. The minimum atomic E-state index is 0.00648. The summed E-state index contributed by atoms with van der Waals surface area (Å²) in [7, 11) is 0. The Bertz CT molecular complexity index is 507. The Morgan fingerprint density at radius 3 is 2.08 bits per heavy atom. The first-order valence-electron chi connectivity index (χ1n) is 10.4. The third-order valence-corrected chi connectivity index (χ3v) is 4.68. The maximum atomic E-state index is 11.8. The fourth-order valence-electron chi connectivity index (χ4n) is 3.01. The molecule has 0 saturated carbocycles. The van der Waals surface area contributed by atoms with E-state index < -0.39 is 0 Å². The van der Waals surface area contributed by atoms with Gasteiger partial charge in [-0.15, -0.1) is 0 Å². The van der Waals surface area contributed by atoms with Gasteiger partial charge in [0.15, 0.2) is 0 Å². The molecule has 26 heavy (non-hydrogen) atoms. The van der Waals surface area contributed by atoms with E-state index in [-0.39, 0.29) is 5.91 Å². The van der Waals surface area contributed by atoms with Crippen LogP contribution in [0.4, 0.5) is 5.69 Å². The number of benzene rings is 1. The van der Waals surface area contributed by atoms with Crippen LogP contribution < -0.4 is 10.3 Å². The summed E-state index contributed by atoms with van der Waals surface area (Å²) in [6, 6.07) is 8.25. The van der Waals surface area contributed by atoms with Gasteiger partial charge >= 0.3 is 0 Å². The molecule has 1 amide bonds. The average Bonchev–Trinajstić information content (AvgIpc) is 2.66. The van der Waals surface area contributed by atoms with Crippen molar-refractivity contribution in [3.8, 4) is 0 Å². The van der Waals surface area contributed by atoms with Crippen LogP contribution in [0.2, 0.25) is 0 Å². The second-order valence-electron chi connectivity index (χ2n) is 6.78. The van der Waals surface area contributed by atoms with Gasteiger partial charge in [0.25, 0.3) is 0 Å². The topological polar surface area (TPSA) is 44.7 Å². The van der Waals surface area contributed by atoms with Gasteiger partial charge < -0.3 is 4.90 Å². The van der Waals surface area contributed by atoms with E-state index in [0.717, 1.165) is 31.5 Å². The Kier molecular flexibility index (Phi) is 12.2. The summed E-state index contributed by atoms with van der Waals surface area (Å²) < 4.78 is 0. The monoisotopic (exact) mass is 359 g/mol. The number of amides is 1. The second-order valence-corrected chi connectivity index (χ2v) is 6.78. The van der Waals surface area contributed by atoms with Gasteiger partial charge in [0.05, 0.1) is 6.21 Å². The van der Waals surface area contributed by atoms with Crippen molar-refractivity contribution in [1.82, 2.24) is 5.43 Å². The number of hydrogen-bond donors (Lipinski definition) is 1. The molecule has 0 radical (unpaired) electrons. The third kappa shape index (κ3) is 9.59. The van der Waals surface area contributed by atoms with Crippen molar-refractivity contribution >= 4 is 17.8 Å². The normalized spacial score (nSPS) is 11.0. The molecular formula is C22H37N3O. The molecule has 1 aromatic carbocycles. The lowest BCUT2D eigenvalue weighted by atomic mass is 10.1. The van der Waals surface area contributed by atoms with E-state index in [0.29, 0.717) is 6.42 Å². The predicted molar refractivity (Wildman–Crippen MR) is 113 cm³/mol. The number of unbranched alkanes of at least 4 members (excludes halogenated alkanes) is 7. The largest absolute Gasteiger partial charge is 0.372 e. The van der Waals surface area contributed by atoms with Gasteiger partial charge in [-0.2, -0.15) is 5.10 Å². The Labute approximate surface area is 160 Å². The molecule has 1 rings (SSSR count). The summed E-state index contributed by atoms with van der Waals surface area (Å²) in [5.41, 5.74) is 4.84. The molecule has 0 aromatic heterocycles. The smallest absolute Gasteiger partial charge is 0.240 e. The first kappa shape index (κ1) is 22.2. The number of nitrogens with one attached hydrogen (secondary N) is 1. The van der Waals surface area contributed by atoms with E-state index in [9.17, 15) is 4.79 Å². The zero-order valence-corrected chi connectivity index (χ0v) is 17.0. The highest BCUT2D eigenvalue weighted by Gasteiger charge is 2.01. The molecule has 0 heterocycles. The van der Waals surface area contributed by atoms with Gasteiger partial charge in [-0.3, -0.25) is 4.79 Å². The molecular weight excluding hydrogens is 322 g/mol. The Morgan fingerprint density at radius 1 is 0.923 bits per heavy atom. The summed E-state index contributed by atoms with van der Waals surface area (Å²) in [5.74, 6) is 0.00648. The van der Waals surface area contributed by atoms with Gasteiger partial charge in [0.2, 0.25) is 5.91 Å². The summed E-state index contributed by atoms with van der Waals surface area (Å²) in [6.45, 7) is 8.54. The lowest BCUT2D eigenvalue weighted by Crippen LogP contribution is -2.21. The molecule has 0 unspecified atom stereocenters. The van der Waals surface area contributed by atoms with Crippen LogP contribution in [0.3, 0.4) is 0 Å². The number of nitrogens with zero attached hydrogens (tertiary/aromatic N) is 2. The molecule has 0 bridgehead atoms. The Morgan fingerprint density at radius 2 is 1.50 bits per heavy atom. The standard InChI is InChI=1S/C22H37N3O/c1-4-7-8-9-10-11-12-13-14-22(26)24-23-19-20-15-17-21(18-16-20)25(5-2)6-3/h15-19H,4-14H2,1-3H3,(H,24,26)/b23-19+. The van der Waals surface area contributed by atoms with Crippen molar-refractivity contribution in [2.45, 2.75) is 78.6 Å². The molecule has 0 fully saturated rings. The van der Waals surface area contributed by atoms with Crippen LogP contribution in [0, 0.1) is 0 Å². The Balaban J connectivity index is 2.18. The van der Waals surface area contributed by atoms with Crippen molar-refractivity contribution in [1.29, 1.82) is 0 Å². The molecule has 0 aliphatic rings. The van der Waals surface area contributed by atoms with Gasteiger partial charge in [-0.25, -0.2) is 5.43 Å². The van der Waals surface area contributed by atoms with E-state index in [1.807, 2.05) is 12.1 Å². The highest BCUT2D eigenvalue weighted by Crippen LogP contribution is 2.14. The lowest BCUT2D eigenvalue weighted by molar-refractivity contribution is -0.121. The van der Waals surface area contributed by atoms with Crippen LogP contribution >= 0.6 is 0 Å². The van der Waals surface area contributed by atoms with Gasteiger partial charge in [0, 0.05) is 25.2 Å². The van der Waals surface area contributed by atoms with Crippen LogP contribution in [-0.2, 0) is 4.79 Å². The van der Waals surface area contributed by atoms with Crippen molar-refractivity contribution in [2.75, 3.05) is 18.0 Å². The fourth-order valence-corrected chi connectivity index (χ4v) is 3.01. The SMILES string of the molecule is CCCCCCCCCCC(=O)N/N=C/c1ccc(N(CC)CC)cc1. The zero-order valence-electron chi connectivity index (χ0n) is 17.0. The van der Waals surface area contributed by atoms with Crippen LogP contribution in [0.1, 0.15) is 84.1 Å². The molecule has 146 valence electrons. The second kappa shape index (κ2) is 14.3. The molecule has 4 heteroatoms. The predicted octanol–water partition coefficient (Wildman–Crippen LogP) is 5.51. The quantitative estimate of drug-likeness (QED) is 0.270. The highest BCUT2D eigenvalue weighted by atomic mass is 16.2. The minimum absolute atomic E-state index is 0.00648. The lowest BCUT2D eigenvalue weighted by Gasteiger charge is -2.20. The van der Waals surface area contributed by atoms with E-state index in [2.05, 4.69) is 48.3 Å². The minimum Gasteiger partial charge on any atom is -0.372 e. The number of anilines is 1. The summed E-state index contributed by atoms with van der Waals surface area (Å²) >= 11 is 0. The first-order valence-corrected chi connectivity index (χ1v) is 10.4. The number of rotatable bonds is 14. The number of hydrazone groups is 1. The molecule has 0 aliphatic heterocycles. The van der Waals surface area contributed by atoms with Crippen molar-refractivity contribution < 1.29 is 4.79 Å². The summed E-state index contributed by atoms with van der Waals surface area (Å²) in [6.07, 6.45) is 12.2. The van der Waals surface area contributed by atoms with Crippen LogP contribution in [-0.4, -0.2) is 25.2 Å². The molecule has 0 saturated heterocycles. The van der Waals surface area contributed by atoms with Gasteiger partial charge in [-0.1, -0.05) is 64.0 Å². The maximum Gasteiger partial charge on any atom is 0.240 e. The first-order chi connectivity index (χ1) is 12.7. The Hall–Kier alpha value is -1.84. The van der Waals surface area contributed by atoms with Crippen molar-refractivity contribution in [2.24, 2.45) is 5.10 Å². The number of carbonyl (C=O) groups excluding carboxylic acids is 1. The van der Waals surface area contributed by atoms with Crippen LogP contribution in [0.15, 0.2) is 29.4 Å². The van der Waals surface area contributed by atoms with Crippen LogP contribution in [0.5, 0.6) is 0 Å². The van der Waals surface area contributed by atoms with E-state index in [4.69, 9.17) is 0 Å². The maximum absolute atomic E-state index is 11.8. The average molecular weight is 360 g/mol. The van der Waals surface area contributed by atoms with E-state index in [1.165, 1.54) is 44.2 Å². The summed E-state index contributed by atoms with van der Waals surface area (Å²) in [5, 5.41) is 4.07. The zero-order chi connectivity index (χ0) is 19.0. The molecule has 0 atom stereocenters. The molecule has 0 spiro atoms. The third-order valence-electron chi connectivity index (χ3n) is 4.68. The number of hydrogen-bond acceptors (Lipinski definition) is 3. The molecule has 4 nitrogen and oxygen atoms in total. The van der Waals surface area contributed by atoms with E-state index in [1.54, 1.807) is 6.21 Å². The van der Waals surface area contributed by atoms with Gasteiger partial charge in [0.1, 0.15) is 0 Å². The molecule has 1 aromatic rings.